The number of carbonyl (C=O) groups excluding carboxylic acids is 1. The fourth-order valence-corrected chi connectivity index (χ4v) is 4.89. The molecule has 4 rings (SSSR count). The van der Waals surface area contributed by atoms with Gasteiger partial charge in [0.2, 0.25) is 5.91 Å². The molecule has 1 amide bonds. The van der Waals surface area contributed by atoms with Crippen LogP contribution in [0.5, 0.6) is 0 Å². The Morgan fingerprint density at radius 1 is 1.14 bits per heavy atom. The fraction of sp³-hybridized carbons (Fsp3) is 0.409. The van der Waals surface area contributed by atoms with Gasteiger partial charge >= 0.3 is 0 Å². The molecule has 0 aromatic heterocycles. The molecule has 1 saturated heterocycles. The SMILES string of the molecule is CO[C@@H]1[C@@H](NC(=O)Cc2c(F)cccc2F)c2ccccc2C12CCNCC2. The highest BCUT2D eigenvalue weighted by Gasteiger charge is 2.53. The van der Waals surface area contributed by atoms with Crippen LogP contribution in [-0.2, 0) is 21.4 Å². The van der Waals surface area contributed by atoms with E-state index in [9.17, 15) is 13.6 Å². The Labute approximate surface area is 163 Å². The summed E-state index contributed by atoms with van der Waals surface area (Å²) in [6.07, 6.45) is 1.26. The molecule has 2 N–H and O–H groups in total. The van der Waals surface area contributed by atoms with Gasteiger partial charge in [0.25, 0.3) is 0 Å². The first-order valence-electron chi connectivity index (χ1n) is 9.62. The van der Waals surface area contributed by atoms with Gasteiger partial charge in [-0.25, -0.2) is 8.78 Å². The highest BCUT2D eigenvalue weighted by atomic mass is 19.1. The molecule has 0 saturated carbocycles. The molecule has 2 aromatic rings. The number of methoxy groups -OCH3 is 1. The number of fused-ring (bicyclic) bond motifs is 2. The zero-order valence-corrected chi connectivity index (χ0v) is 15.8. The van der Waals surface area contributed by atoms with Crippen LogP contribution in [0.2, 0.25) is 0 Å². The molecule has 1 aliphatic heterocycles. The van der Waals surface area contributed by atoms with Crippen LogP contribution in [0, 0.1) is 11.6 Å². The minimum Gasteiger partial charge on any atom is -0.378 e. The Morgan fingerprint density at radius 2 is 1.82 bits per heavy atom. The van der Waals surface area contributed by atoms with E-state index in [0.29, 0.717) is 0 Å². The predicted octanol–water partition coefficient (Wildman–Crippen LogP) is 3.01. The number of benzene rings is 2. The van der Waals surface area contributed by atoms with E-state index in [1.807, 2.05) is 18.2 Å². The summed E-state index contributed by atoms with van der Waals surface area (Å²) in [5.74, 6) is -1.84. The van der Waals surface area contributed by atoms with Crippen molar-refractivity contribution in [3.63, 3.8) is 0 Å². The molecule has 0 unspecified atom stereocenters. The minimum atomic E-state index is -0.708. The number of piperidine rings is 1. The summed E-state index contributed by atoms with van der Waals surface area (Å²) in [4.78, 5) is 12.7. The smallest absolute Gasteiger partial charge is 0.225 e. The lowest BCUT2D eigenvalue weighted by molar-refractivity contribution is -0.122. The lowest BCUT2D eigenvalue weighted by atomic mass is 9.72. The maximum absolute atomic E-state index is 13.9. The summed E-state index contributed by atoms with van der Waals surface area (Å²) in [5, 5.41) is 6.38. The van der Waals surface area contributed by atoms with E-state index >= 15 is 0 Å². The Balaban J connectivity index is 1.63. The van der Waals surface area contributed by atoms with Crippen LogP contribution in [0.4, 0.5) is 8.78 Å². The average Bonchev–Trinajstić information content (AvgIpc) is 2.94. The highest BCUT2D eigenvalue weighted by Crippen LogP contribution is 2.51. The van der Waals surface area contributed by atoms with Crippen molar-refractivity contribution < 1.29 is 18.3 Å². The predicted molar refractivity (Wildman–Crippen MR) is 102 cm³/mol. The van der Waals surface area contributed by atoms with Crippen molar-refractivity contribution in [2.45, 2.75) is 36.8 Å². The van der Waals surface area contributed by atoms with Gasteiger partial charge in [-0.3, -0.25) is 4.79 Å². The normalized spacial score (nSPS) is 22.8. The Kier molecular flexibility index (Phi) is 5.17. The van der Waals surface area contributed by atoms with Gasteiger partial charge in [0.15, 0.2) is 0 Å². The molecular weight excluding hydrogens is 362 g/mol. The van der Waals surface area contributed by atoms with Crippen molar-refractivity contribution in [2.75, 3.05) is 20.2 Å². The van der Waals surface area contributed by atoms with Crippen LogP contribution >= 0.6 is 0 Å². The maximum atomic E-state index is 13.9. The van der Waals surface area contributed by atoms with Crippen LogP contribution in [0.3, 0.4) is 0 Å². The molecule has 2 atom stereocenters. The number of carbonyl (C=O) groups is 1. The quantitative estimate of drug-likeness (QED) is 0.849. The van der Waals surface area contributed by atoms with Crippen molar-refractivity contribution >= 4 is 5.91 Å². The molecular formula is C22H24F2N2O2. The lowest BCUT2D eigenvalue weighted by Crippen LogP contribution is -2.49. The highest BCUT2D eigenvalue weighted by molar-refractivity contribution is 5.79. The Hall–Kier alpha value is -2.31. The fourth-order valence-electron chi connectivity index (χ4n) is 4.89. The third kappa shape index (κ3) is 3.10. The molecule has 148 valence electrons. The van der Waals surface area contributed by atoms with Crippen molar-refractivity contribution in [2.24, 2.45) is 0 Å². The maximum Gasteiger partial charge on any atom is 0.225 e. The molecule has 6 heteroatoms. The van der Waals surface area contributed by atoms with E-state index < -0.39 is 17.5 Å². The summed E-state index contributed by atoms with van der Waals surface area (Å²) >= 11 is 0. The largest absolute Gasteiger partial charge is 0.378 e. The van der Waals surface area contributed by atoms with Crippen molar-refractivity contribution in [3.05, 3.63) is 70.8 Å². The number of nitrogens with one attached hydrogen (secondary N) is 2. The standard InChI is InChI=1S/C22H24F2N2O2/c1-28-21-20(26-19(27)13-15-17(23)7-4-8-18(15)24)14-5-2-3-6-16(14)22(21)9-11-25-12-10-22/h2-8,20-21,25H,9-13H2,1H3,(H,26,27)/t20-,21+/m0/s1. The van der Waals surface area contributed by atoms with Gasteiger partial charge in [0, 0.05) is 18.1 Å². The van der Waals surface area contributed by atoms with Gasteiger partial charge in [0.05, 0.1) is 18.6 Å². The third-order valence-corrected chi connectivity index (χ3v) is 6.14. The molecule has 2 aromatic carbocycles. The van der Waals surface area contributed by atoms with Crippen LogP contribution in [0.25, 0.3) is 0 Å². The second-order valence-electron chi connectivity index (χ2n) is 7.57. The topological polar surface area (TPSA) is 50.4 Å². The number of ether oxygens (including phenoxy) is 1. The summed E-state index contributed by atoms with van der Waals surface area (Å²) in [6, 6.07) is 11.3. The van der Waals surface area contributed by atoms with Gasteiger partial charge in [-0.15, -0.1) is 0 Å². The van der Waals surface area contributed by atoms with Crippen molar-refractivity contribution in [1.82, 2.24) is 10.6 Å². The number of hydrogen-bond donors (Lipinski definition) is 2. The molecule has 2 aliphatic rings. The molecule has 1 aliphatic carbocycles. The molecule has 28 heavy (non-hydrogen) atoms. The van der Waals surface area contributed by atoms with Crippen LogP contribution < -0.4 is 10.6 Å². The second-order valence-corrected chi connectivity index (χ2v) is 7.57. The number of halogens is 2. The number of amides is 1. The minimum absolute atomic E-state index is 0.169. The molecule has 0 bridgehead atoms. The zero-order valence-electron chi connectivity index (χ0n) is 15.8. The molecule has 1 heterocycles. The van der Waals surface area contributed by atoms with Gasteiger partial charge in [-0.1, -0.05) is 30.3 Å². The first-order chi connectivity index (χ1) is 13.6. The number of rotatable bonds is 4. The molecule has 0 radical (unpaired) electrons. The van der Waals surface area contributed by atoms with Crippen molar-refractivity contribution in [3.8, 4) is 0 Å². The van der Waals surface area contributed by atoms with E-state index in [2.05, 4.69) is 16.7 Å². The number of hydrogen-bond acceptors (Lipinski definition) is 3. The molecule has 4 nitrogen and oxygen atoms in total. The van der Waals surface area contributed by atoms with E-state index in [4.69, 9.17) is 4.74 Å². The summed E-state index contributed by atoms with van der Waals surface area (Å²) < 4.78 is 33.8. The Morgan fingerprint density at radius 3 is 2.50 bits per heavy atom. The Bertz CT molecular complexity index is 860. The molecule has 1 spiro atoms. The van der Waals surface area contributed by atoms with Crippen molar-refractivity contribution in [1.29, 1.82) is 0 Å². The van der Waals surface area contributed by atoms with Crippen LogP contribution in [0.15, 0.2) is 42.5 Å². The van der Waals surface area contributed by atoms with Crippen LogP contribution in [-0.4, -0.2) is 32.2 Å². The zero-order chi connectivity index (χ0) is 19.7. The van der Waals surface area contributed by atoms with Gasteiger partial charge in [0.1, 0.15) is 11.6 Å². The summed E-state index contributed by atoms with van der Waals surface area (Å²) in [7, 11) is 1.66. The van der Waals surface area contributed by atoms with E-state index in [1.54, 1.807) is 7.11 Å². The van der Waals surface area contributed by atoms with E-state index in [0.717, 1.165) is 31.5 Å². The average molecular weight is 386 g/mol. The van der Waals surface area contributed by atoms with E-state index in [-0.39, 0.29) is 29.5 Å². The first kappa shape index (κ1) is 19.0. The summed E-state index contributed by atoms with van der Waals surface area (Å²) in [5.41, 5.74) is 1.85. The lowest BCUT2D eigenvalue weighted by Gasteiger charge is -2.40. The van der Waals surface area contributed by atoms with E-state index in [1.165, 1.54) is 23.8 Å². The first-order valence-corrected chi connectivity index (χ1v) is 9.62. The van der Waals surface area contributed by atoms with Gasteiger partial charge in [-0.2, -0.15) is 0 Å². The third-order valence-electron chi connectivity index (χ3n) is 6.14. The summed E-state index contributed by atoms with van der Waals surface area (Å²) in [6.45, 7) is 1.77. The molecule has 1 fully saturated rings. The monoisotopic (exact) mass is 386 g/mol. The van der Waals surface area contributed by atoms with Gasteiger partial charge < -0.3 is 15.4 Å². The van der Waals surface area contributed by atoms with Crippen LogP contribution in [0.1, 0.15) is 35.6 Å². The van der Waals surface area contributed by atoms with Gasteiger partial charge in [-0.05, 0) is 49.2 Å². The second kappa shape index (κ2) is 7.60.